The van der Waals surface area contributed by atoms with Crippen molar-refractivity contribution in [2.75, 3.05) is 32.1 Å². The van der Waals surface area contributed by atoms with E-state index in [-0.39, 0.29) is 6.04 Å². The highest BCUT2D eigenvalue weighted by molar-refractivity contribution is 5.48. The summed E-state index contributed by atoms with van der Waals surface area (Å²) < 4.78 is 0. The SMILES string of the molecule is Cc1cc(CC(C)N)cnc1N1CCC(N(C)C)C1. The Hall–Kier alpha value is -1.13. The molecule has 0 bridgehead atoms. The predicted molar refractivity (Wildman–Crippen MR) is 80.6 cm³/mol. The summed E-state index contributed by atoms with van der Waals surface area (Å²) in [4.78, 5) is 9.36. The number of anilines is 1. The second kappa shape index (κ2) is 5.88. The van der Waals surface area contributed by atoms with Crippen LogP contribution in [0, 0.1) is 6.92 Å². The first-order valence-corrected chi connectivity index (χ1v) is 7.10. The average molecular weight is 262 g/mol. The molecule has 1 aromatic rings. The number of likely N-dealkylation sites (N-methyl/N-ethyl adjacent to an activating group) is 1. The van der Waals surface area contributed by atoms with Crippen molar-refractivity contribution in [2.45, 2.75) is 38.8 Å². The van der Waals surface area contributed by atoms with Crippen LogP contribution in [0.25, 0.3) is 0 Å². The largest absolute Gasteiger partial charge is 0.355 e. The van der Waals surface area contributed by atoms with Gasteiger partial charge in [-0.05, 0) is 51.9 Å². The standard InChI is InChI=1S/C15H26N4/c1-11-7-13(8-12(2)16)9-17-15(11)19-6-5-14(10-19)18(3)4/h7,9,12,14H,5-6,8,10,16H2,1-4H3. The summed E-state index contributed by atoms with van der Waals surface area (Å²) in [6.45, 7) is 6.36. The van der Waals surface area contributed by atoms with Gasteiger partial charge in [-0.25, -0.2) is 4.98 Å². The molecule has 2 N–H and O–H groups in total. The van der Waals surface area contributed by atoms with E-state index in [0.29, 0.717) is 6.04 Å². The maximum absolute atomic E-state index is 5.84. The minimum Gasteiger partial charge on any atom is -0.355 e. The lowest BCUT2D eigenvalue weighted by atomic mass is 10.1. The van der Waals surface area contributed by atoms with Crippen LogP contribution in [-0.2, 0) is 6.42 Å². The van der Waals surface area contributed by atoms with Crippen LogP contribution in [0.5, 0.6) is 0 Å². The van der Waals surface area contributed by atoms with Crippen LogP contribution >= 0.6 is 0 Å². The molecule has 0 aromatic carbocycles. The lowest BCUT2D eigenvalue weighted by Crippen LogP contribution is -2.32. The third-order valence-corrected chi connectivity index (χ3v) is 3.86. The highest BCUT2D eigenvalue weighted by Crippen LogP contribution is 2.24. The van der Waals surface area contributed by atoms with Crippen molar-refractivity contribution in [1.29, 1.82) is 0 Å². The highest BCUT2D eigenvalue weighted by Gasteiger charge is 2.25. The Balaban J connectivity index is 2.09. The van der Waals surface area contributed by atoms with E-state index in [0.717, 1.165) is 25.3 Å². The molecule has 0 saturated carbocycles. The maximum atomic E-state index is 5.84. The van der Waals surface area contributed by atoms with Gasteiger partial charge in [0.05, 0.1) is 0 Å². The zero-order valence-electron chi connectivity index (χ0n) is 12.6. The van der Waals surface area contributed by atoms with Gasteiger partial charge in [-0.3, -0.25) is 0 Å². The summed E-state index contributed by atoms with van der Waals surface area (Å²) in [5.41, 5.74) is 8.34. The van der Waals surface area contributed by atoms with Crippen molar-refractivity contribution in [2.24, 2.45) is 5.73 Å². The van der Waals surface area contributed by atoms with Crippen molar-refractivity contribution in [3.05, 3.63) is 23.4 Å². The minimum atomic E-state index is 0.192. The molecular weight excluding hydrogens is 236 g/mol. The van der Waals surface area contributed by atoms with E-state index in [9.17, 15) is 0 Å². The molecule has 0 spiro atoms. The molecule has 0 amide bonds. The molecule has 1 aromatic heterocycles. The van der Waals surface area contributed by atoms with E-state index in [4.69, 9.17) is 5.73 Å². The third-order valence-electron chi connectivity index (χ3n) is 3.86. The quantitative estimate of drug-likeness (QED) is 0.891. The molecule has 2 heterocycles. The molecule has 1 aliphatic heterocycles. The molecular formula is C15H26N4. The Morgan fingerprint density at radius 1 is 1.53 bits per heavy atom. The Morgan fingerprint density at radius 3 is 2.79 bits per heavy atom. The Labute approximate surface area is 116 Å². The molecule has 1 aliphatic rings. The van der Waals surface area contributed by atoms with Crippen molar-refractivity contribution in [1.82, 2.24) is 9.88 Å². The molecule has 2 atom stereocenters. The van der Waals surface area contributed by atoms with Crippen molar-refractivity contribution in [3.8, 4) is 0 Å². The fourth-order valence-corrected chi connectivity index (χ4v) is 2.80. The van der Waals surface area contributed by atoms with E-state index in [1.54, 1.807) is 0 Å². The topological polar surface area (TPSA) is 45.4 Å². The summed E-state index contributed by atoms with van der Waals surface area (Å²) in [7, 11) is 4.31. The van der Waals surface area contributed by atoms with Crippen LogP contribution in [-0.4, -0.2) is 49.2 Å². The van der Waals surface area contributed by atoms with Crippen molar-refractivity contribution in [3.63, 3.8) is 0 Å². The molecule has 106 valence electrons. The smallest absolute Gasteiger partial charge is 0.131 e. The number of nitrogens with zero attached hydrogens (tertiary/aromatic N) is 3. The zero-order valence-corrected chi connectivity index (χ0v) is 12.6. The predicted octanol–water partition coefficient (Wildman–Crippen LogP) is 1.42. The Bertz CT molecular complexity index is 428. The maximum Gasteiger partial charge on any atom is 0.131 e. The number of aromatic nitrogens is 1. The third kappa shape index (κ3) is 3.45. The first-order valence-electron chi connectivity index (χ1n) is 7.10. The second-order valence-electron chi connectivity index (χ2n) is 6.02. The number of aryl methyl sites for hydroxylation is 1. The van der Waals surface area contributed by atoms with Gasteiger partial charge in [-0.1, -0.05) is 6.07 Å². The molecule has 4 nitrogen and oxygen atoms in total. The number of rotatable bonds is 4. The lowest BCUT2D eigenvalue weighted by Gasteiger charge is -2.22. The summed E-state index contributed by atoms with van der Waals surface area (Å²) in [6.07, 6.45) is 4.10. The Morgan fingerprint density at radius 2 is 2.26 bits per heavy atom. The van der Waals surface area contributed by atoms with Gasteiger partial charge in [0.25, 0.3) is 0 Å². The van der Waals surface area contributed by atoms with Crippen molar-refractivity contribution < 1.29 is 0 Å². The first kappa shape index (κ1) is 14.3. The van der Waals surface area contributed by atoms with Crippen LogP contribution in [0.15, 0.2) is 12.3 Å². The summed E-state index contributed by atoms with van der Waals surface area (Å²) in [5.74, 6) is 1.14. The highest BCUT2D eigenvalue weighted by atomic mass is 15.3. The molecule has 0 aliphatic carbocycles. The van der Waals surface area contributed by atoms with E-state index < -0.39 is 0 Å². The van der Waals surface area contributed by atoms with Crippen LogP contribution in [0.1, 0.15) is 24.5 Å². The normalized spacial score (nSPS) is 21.2. The summed E-state index contributed by atoms with van der Waals surface area (Å²) >= 11 is 0. The van der Waals surface area contributed by atoms with Gasteiger partial charge < -0.3 is 15.5 Å². The monoisotopic (exact) mass is 262 g/mol. The Kier molecular flexibility index (Phi) is 4.42. The number of pyridine rings is 1. The van der Waals surface area contributed by atoms with Crippen LogP contribution in [0.3, 0.4) is 0 Å². The molecule has 4 heteroatoms. The minimum absolute atomic E-state index is 0.192. The van der Waals surface area contributed by atoms with Crippen LogP contribution < -0.4 is 10.6 Å². The fraction of sp³-hybridized carbons (Fsp3) is 0.667. The summed E-state index contributed by atoms with van der Waals surface area (Å²) in [6, 6.07) is 3.07. The average Bonchev–Trinajstić information content (AvgIpc) is 2.77. The van der Waals surface area contributed by atoms with E-state index >= 15 is 0 Å². The molecule has 2 unspecified atom stereocenters. The molecule has 1 fully saturated rings. The number of hydrogen-bond acceptors (Lipinski definition) is 4. The second-order valence-corrected chi connectivity index (χ2v) is 6.02. The van der Waals surface area contributed by atoms with Gasteiger partial charge in [0, 0.05) is 31.4 Å². The van der Waals surface area contributed by atoms with Crippen LogP contribution in [0.4, 0.5) is 5.82 Å². The first-order chi connectivity index (χ1) is 8.97. The number of nitrogens with two attached hydrogens (primary N) is 1. The van der Waals surface area contributed by atoms with Crippen LogP contribution in [0.2, 0.25) is 0 Å². The van der Waals surface area contributed by atoms with Gasteiger partial charge >= 0.3 is 0 Å². The molecule has 19 heavy (non-hydrogen) atoms. The van der Waals surface area contributed by atoms with Gasteiger partial charge in [0.2, 0.25) is 0 Å². The van der Waals surface area contributed by atoms with E-state index in [1.807, 2.05) is 13.1 Å². The fourth-order valence-electron chi connectivity index (χ4n) is 2.80. The van der Waals surface area contributed by atoms with E-state index in [1.165, 1.54) is 17.5 Å². The van der Waals surface area contributed by atoms with Gasteiger partial charge in [0.1, 0.15) is 5.82 Å². The summed E-state index contributed by atoms with van der Waals surface area (Å²) in [5, 5.41) is 0. The lowest BCUT2D eigenvalue weighted by molar-refractivity contribution is 0.315. The molecule has 2 rings (SSSR count). The zero-order chi connectivity index (χ0) is 14.0. The van der Waals surface area contributed by atoms with Gasteiger partial charge in [0.15, 0.2) is 0 Å². The molecule has 1 saturated heterocycles. The molecule has 0 radical (unpaired) electrons. The van der Waals surface area contributed by atoms with Crippen molar-refractivity contribution >= 4 is 5.82 Å². The van der Waals surface area contributed by atoms with Gasteiger partial charge in [-0.2, -0.15) is 0 Å². The number of hydrogen-bond donors (Lipinski definition) is 1. The van der Waals surface area contributed by atoms with Gasteiger partial charge in [-0.15, -0.1) is 0 Å². The van der Waals surface area contributed by atoms with E-state index in [2.05, 4.69) is 41.9 Å².